The van der Waals surface area contributed by atoms with Gasteiger partial charge in [-0.25, -0.2) is 4.79 Å². The van der Waals surface area contributed by atoms with Crippen molar-refractivity contribution in [2.45, 2.75) is 13.8 Å². The first-order valence-electron chi connectivity index (χ1n) is 4.61. The number of likely N-dealkylation sites (N-methyl/N-ethyl adjacent to an activating group) is 1. The molecular weight excluding hydrogens is 218 g/mol. The summed E-state index contributed by atoms with van der Waals surface area (Å²) >= 11 is 0. The Morgan fingerprint density at radius 1 is 1.25 bits per heavy atom. The SMILES string of the molecule is CC(C)C(=O)OCOC(=O)N(C)CC(=O)O. The van der Waals surface area contributed by atoms with E-state index in [4.69, 9.17) is 5.11 Å². The predicted octanol–water partition coefficient (Wildman–Crippen LogP) is 0.296. The Kier molecular flexibility index (Phi) is 5.91. The van der Waals surface area contributed by atoms with Crippen LogP contribution >= 0.6 is 0 Å². The van der Waals surface area contributed by atoms with Crippen LogP contribution in [-0.2, 0) is 19.1 Å². The summed E-state index contributed by atoms with van der Waals surface area (Å²) in [4.78, 5) is 33.1. The van der Waals surface area contributed by atoms with E-state index in [0.29, 0.717) is 0 Å². The largest absolute Gasteiger partial charge is 0.480 e. The third kappa shape index (κ3) is 5.84. The fourth-order valence-electron chi connectivity index (χ4n) is 0.682. The number of carbonyl (C=O) groups is 3. The van der Waals surface area contributed by atoms with Crippen LogP contribution in [-0.4, -0.2) is 48.4 Å². The lowest BCUT2D eigenvalue weighted by molar-refractivity contribution is -0.156. The molecule has 0 aromatic carbocycles. The summed E-state index contributed by atoms with van der Waals surface area (Å²) < 4.78 is 9.08. The van der Waals surface area contributed by atoms with E-state index in [1.165, 1.54) is 7.05 Å². The van der Waals surface area contributed by atoms with Crippen molar-refractivity contribution >= 4 is 18.0 Å². The van der Waals surface area contributed by atoms with Crippen LogP contribution in [0.1, 0.15) is 13.8 Å². The van der Waals surface area contributed by atoms with Crippen LogP contribution in [0.4, 0.5) is 4.79 Å². The van der Waals surface area contributed by atoms with Crippen molar-refractivity contribution < 1.29 is 29.0 Å². The first-order chi connectivity index (χ1) is 7.34. The van der Waals surface area contributed by atoms with Gasteiger partial charge in [-0.2, -0.15) is 0 Å². The fourth-order valence-corrected chi connectivity index (χ4v) is 0.682. The molecule has 0 saturated heterocycles. The average Bonchev–Trinajstić information content (AvgIpc) is 2.15. The van der Waals surface area contributed by atoms with E-state index in [1.54, 1.807) is 13.8 Å². The van der Waals surface area contributed by atoms with Crippen LogP contribution in [0.5, 0.6) is 0 Å². The number of carbonyl (C=O) groups excluding carboxylic acids is 2. The Morgan fingerprint density at radius 2 is 1.81 bits per heavy atom. The molecule has 0 atom stereocenters. The molecule has 92 valence electrons. The van der Waals surface area contributed by atoms with E-state index in [1.807, 2.05) is 0 Å². The van der Waals surface area contributed by atoms with Crippen LogP contribution in [0.3, 0.4) is 0 Å². The molecule has 0 aliphatic carbocycles. The number of carboxylic acids is 1. The first-order valence-corrected chi connectivity index (χ1v) is 4.61. The quantitative estimate of drug-likeness (QED) is 0.542. The lowest BCUT2D eigenvalue weighted by atomic mass is 10.2. The van der Waals surface area contributed by atoms with Gasteiger partial charge in [-0.15, -0.1) is 0 Å². The number of aliphatic carboxylic acids is 1. The smallest absolute Gasteiger partial charge is 0.412 e. The monoisotopic (exact) mass is 233 g/mol. The van der Waals surface area contributed by atoms with Gasteiger partial charge < -0.3 is 19.5 Å². The van der Waals surface area contributed by atoms with Gasteiger partial charge >= 0.3 is 18.0 Å². The molecule has 0 unspecified atom stereocenters. The van der Waals surface area contributed by atoms with Crippen LogP contribution in [0, 0.1) is 5.92 Å². The normalized spacial score (nSPS) is 9.75. The zero-order valence-electron chi connectivity index (χ0n) is 9.43. The van der Waals surface area contributed by atoms with Gasteiger partial charge in [0.2, 0.25) is 6.79 Å². The highest BCUT2D eigenvalue weighted by Crippen LogP contribution is 1.97. The summed E-state index contributed by atoms with van der Waals surface area (Å²) in [6.45, 7) is 2.29. The third-order valence-electron chi connectivity index (χ3n) is 1.54. The van der Waals surface area contributed by atoms with E-state index in [-0.39, 0.29) is 5.92 Å². The van der Waals surface area contributed by atoms with Gasteiger partial charge in [0.15, 0.2) is 0 Å². The van der Waals surface area contributed by atoms with Gasteiger partial charge in [-0.1, -0.05) is 13.8 Å². The molecule has 0 rings (SSSR count). The second-order valence-corrected chi connectivity index (χ2v) is 3.40. The van der Waals surface area contributed by atoms with Gasteiger partial charge in [-0.05, 0) is 0 Å². The molecule has 0 heterocycles. The second-order valence-electron chi connectivity index (χ2n) is 3.40. The highest BCUT2D eigenvalue weighted by Gasteiger charge is 2.14. The maximum absolute atomic E-state index is 11.1. The van der Waals surface area contributed by atoms with Gasteiger partial charge in [0.25, 0.3) is 0 Å². The number of amides is 1. The standard InChI is InChI=1S/C9H15NO6/c1-6(2)8(13)15-5-16-9(14)10(3)4-7(11)12/h6H,4-5H2,1-3H3,(H,11,12). The number of esters is 1. The molecule has 0 spiro atoms. The minimum atomic E-state index is -1.15. The van der Waals surface area contributed by atoms with Crippen molar-refractivity contribution in [1.82, 2.24) is 4.90 Å². The Morgan fingerprint density at radius 3 is 2.25 bits per heavy atom. The first kappa shape index (κ1) is 14.2. The van der Waals surface area contributed by atoms with Crippen molar-refractivity contribution in [1.29, 1.82) is 0 Å². The van der Waals surface area contributed by atoms with Crippen molar-refractivity contribution in [2.75, 3.05) is 20.4 Å². The lowest BCUT2D eigenvalue weighted by Gasteiger charge is -2.14. The van der Waals surface area contributed by atoms with E-state index in [9.17, 15) is 14.4 Å². The van der Waals surface area contributed by atoms with Crippen LogP contribution in [0.25, 0.3) is 0 Å². The maximum atomic E-state index is 11.1. The minimum Gasteiger partial charge on any atom is -0.480 e. The number of hydrogen-bond donors (Lipinski definition) is 1. The molecule has 0 bridgehead atoms. The zero-order chi connectivity index (χ0) is 12.7. The van der Waals surface area contributed by atoms with Crippen LogP contribution in [0.2, 0.25) is 0 Å². The average molecular weight is 233 g/mol. The van der Waals surface area contributed by atoms with E-state index in [2.05, 4.69) is 9.47 Å². The number of carboxylic acid groups (broad SMARTS) is 1. The molecule has 7 heteroatoms. The van der Waals surface area contributed by atoms with Crippen molar-refractivity contribution in [3.8, 4) is 0 Å². The molecule has 1 amide bonds. The van der Waals surface area contributed by atoms with E-state index >= 15 is 0 Å². The lowest BCUT2D eigenvalue weighted by Crippen LogP contribution is -2.33. The molecule has 0 aromatic rings. The van der Waals surface area contributed by atoms with Crippen LogP contribution < -0.4 is 0 Å². The highest BCUT2D eigenvalue weighted by atomic mass is 16.7. The predicted molar refractivity (Wildman–Crippen MR) is 52.5 cm³/mol. The van der Waals surface area contributed by atoms with Gasteiger partial charge in [0.05, 0.1) is 5.92 Å². The zero-order valence-corrected chi connectivity index (χ0v) is 9.43. The third-order valence-corrected chi connectivity index (χ3v) is 1.54. The molecule has 0 saturated carbocycles. The van der Waals surface area contributed by atoms with E-state index in [0.717, 1.165) is 4.90 Å². The molecule has 0 aliphatic rings. The number of hydrogen-bond acceptors (Lipinski definition) is 5. The summed E-state index contributed by atoms with van der Waals surface area (Å²) in [7, 11) is 1.26. The molecule has 7 nitrogen and oxygen atoms in total. The molecule has 0 fully saturated rings. The van der Waals surface area contributed by atoms with Crippen molar-refractivity contribution in [3.05, 3.63) is 0 Å². The van der Waals surface area contributed by atoms with Gasteiger partial charge in [-0.3, -0.25) is 9.59 Å². The van der Waals surface area contributed by atoms with Crippen molar-refractivity contribution in [3.63, 3.8) is 0 Å². The summed E-state index contributed by atoms with van der Waals surface area (Å²) in [6, 6.07) is 0. The summed E-state index contributed by atoms with van der Waals surface area (Å²) in [5.41, 5.74) is 0. The van der Waals surface area contributed by atoms with Gasteiger partial charge in [0.1, 0.15) is 6.54 Å². The number of nitrogens with zero attached hydrogens (tertiary/aromatic N) is 1. The fraction of sp³-hybridized carbons (Fsp3) is 0.667. The molecular formula is C9H15NO6. The minimum absolute atomic E-state index is 0.310. The Hall–Kier alpha value is -1.79. The summed E-state index contributed by atoms with van der Waals surface area (Å²) in [6.07, 6.45) is -0.862. The second kappa shape index (κ2) is 6.65. The topological polar surface area (TPSA) is 93.1 Å². The molecule has 0 radical (unpaired) electrons. The van der Waals surface area contributed by atoms with Crippen LogP contribution in [0.15, 0.2) is 0 Å². The molecule has 1 N–H and O–H groups in total. The summed E-state index contributed by atoms with van der Waals surface area (Å²) in [5.74, 6) is -1.96. The summed E-state index contributed by atoms with van der Waals surface area (Å²) in [5, 5.41) is 8.38. The molecule has 0 aromatic heterocycles. The van der Waals surface area contributed by atoms with E-state index < -0.39 is 31.4 Å². The highest BCUT2D eigenvalue weighted by molar-refractivity contribution is 5.76. The Labute approximate surface area is 92.9 Å². The molecule has 0 aliphatic heterocycles. The Bertz CT molecular complexity index is 275. The number of ether oxygens (including phenoxy) is 2. The van der Waals surface area contributed by atoms with Gasteiger partial charge in [0, 0.05) is 7.05 Å². The maximum Gasteiger partial charge on any atom is 0.412 e. The number of rotatable bonds is 5. The van der Waals surface area contributed by atoms with Crippen molar-refractivity contribution in [2.24, 2.45) is 5.92 Å². The Balaban J connectivity index is 3.81. The molecule has 16 heavy (non-hydrogen) atoms.